The first kappa shape index (κ1) is 19.3. The number of hydrogen-bond donors (Lipinski definition) is 0. The van der Waals surface area contributed by atoms with Crippen LogP contribution in [0.15, 0.2) is 67.0 Å². The van der Waals surface area contributed by atoms with Gasteiger partial charge in [-0.3, -0.25) is 4.79 Å². The minimum absolute atomic E-state index is 0.0149. The van der Waals surface area contributed by atoms with Gasteiger partial charge in [-0.05, 0) is 55.3 Å². The molecule has 0 spiro atoms. The summed E-state index contributed by atoms with van der Waals surface area (Å²) in [6.45, 7) is 5.15. The molecular formula is C25H23FN4O. The number of halogens is 1. The van der Waals surface area contributed by atoms with E-state index in [1.165, 1.54) is 17.7 Å². The van der Waals surface area contributed by atoms with Gasteiger partial charge >= 0.3 is 0 Å². The van der Waals surface area contributed by atoms with Crippen LogP contribution >= 0.6 is 0 Å². The molecule has 6 heteroatoms. The Kier molecular flexibility index (Phi) is 4.70. The quantitative estimate of drug-likeness (QED) is 0.493. The fraction of sp³-hybridized carbons (Fsp3) is 0.200. The molecule has 0 bridgehead atoms. The Balaban J connectivity index is 1.48. The van der Waals surface area contributed by atoms with Crippen LogP contribution in [0.4, 0.5) is 4.39 Å². The van der Waals surface area contributed by atoms with Gasteiger partial charge in [0.1, 0.15) is 11.6 Å². The third kappa shape index (κ3) is 3.54. The van der Waals surface area contributed by atoms with Crippen molar-refractivity contribution < 1.29 is 9.18 Å². The number of hydrogen-bond acceptors (Lipinski definition) is 2. The summed E-state index contributed by atoms with van der Waals surface area (Å²) >= 11 is 0. The predicted octanol–water partition coefficient (Wildman–Crippen LogP) is 4.50. The molecule has 2 aromatic heterocycles. The summed E-state index contributed by atoms with van der Waals surface area (Å²) in [5.74, 6) is 0.680. The number of benzene rings is 2. The van der Waals surface area contributed by atoms with Crippen molar-refractivity contribution in [2.45, 2.75) is 33.4 Å². The molecule has 3 heterocycles. The van der Waals surface area contributed by atoms with Crippen molar-refractivity contribution in [2.24, 2.45) is 0 Å². The topological polar surface area (TPSA) is 43.1 Å². The molecule has 0 fully saturated rings. The van der Waals surface area contributed by atoms with Gasteiger partial charge in [0.15, 0.2) is 0 Å². The van der Waals surface area contributed by atoms with Crippen molar-refractivity contribution in [1.29, 1.82) is 0 Å². The van der Waals surface area contributed by atoms with Gasteiger partial charge in [0, 0.05) is 18.0 Å². The third-order valence-electron chi connectivity index (χ3n) is 5.78. The zero-order valence-corrected chi connectivity index (χ0v) is 17.5. The van der Waals surface area contributed by atoms with Crippen LogP contribution in [-0.4, -0.2) is 25.2 Å². The van der Waals surface area contributed by atoms with Crippen LogP contribution in [0, 0.1) is 19.7 Å². The van der Waals surface area contributed by atoms with E-state index in [1.807, 2.05) is 34.1 Å². The smallest absolute Gasteiger partial charge is 0.227 e. The van der Waals surface area contributed by atoms with Gasteiger partial charge in [0.2, 0.25) is 5.91 Å². The van der Waals surface area contributed by atoms with Crippen LogP contribution in [0.25, 0.3) is 11.5 Å². The summed E-state index contributed by atoms with van der Waals surface area (Å²) in [7, 11) is 0. The van der Waals surface area contributed by atoms with Crippen LogP contribution in [0.3, 0.4) is 0 Å². The number of fused-ring (bicyclic) bond motifs is 1. The normalized spacial score (nSPS) is 12.9. The van der Waals surface area contributed by atoms with Gasteiger partial charge in [-0.15, -0.1) is 0 Å². The van der Waals surface area contributed by atoms with Crippen molar-refractivity contribution in [2.75, 3.05) is 0 Å². The second-order valence-corrected chi connectivity index (χ2v) is 8.09. The molecular weight excluding hydrogens is 391 g/mol. The van der Waals surface area contributed by atoms with E-state index in [2.05, 4.69) is 36.6 Å². The Bertz CT molecular complexity index is 1260. The lowest BCUT2D eigenvalue weighted by Crippen LogP contribution is -2.28. The first-order valence-electron chi connectivity index (χ1n) is 10.3. The number of rotatable bonds is 4. The van der Waals surface area contributed by atoms with E-state index < -0.39 is 0 Å². The Morgan fingerprint density at radius 3 is 2.48 bits per heavy atom. The molecule has 1 aliphatic rings. The molecule has 0 saturated carbocycles. The van der Waals surface area contributed by atoms with Gasteiger partial charge < -0.3 is 9.47 Å². The molecule has 1 aliphatic heterocycles. The van der Waals surface area contributed by atoms with Gasteiger partial charge in [0.05, 0.1) is 30.9 Å². The lowest BCUT2D eigenvalue weighted by molar-refractivity contribution is -0.131. The van der Waals surface area contributed by atoms with Crippen molar-refractivity contribution in [3.8, 4) is 11.5 Å². The minimum Gasteiger partial charge on any atom is -0.332 e. The summed E-state index contributed by atoms with van der Waals surface area (Å²) in [5, 5.41) is 4.91. The van der Waals surface area contributed by atoms with E-state index in [0.29, 0.717) is 13.1 Å². The van der Waals surface area contributed by atoms with E-state index >= 15 is 0 Å². The zero-order valence-electron chi connectivity index (χ0n) is 17.5. The molecule has 0 unspecified atom stereocenters. The highest BCUT2D eigenvalue weighted by molar-refractivity contribution is 5.79. The number of carbonyl (C=O) groups is 1. The van der Waals surface area contributed by atoms with E-state index in [-0.39, 0.29) is 18.1 Å². The standard InChI is InChI=1S/C25H23FN4O/c1-17-5-10-23(18(2)13-17)30-25(28-11-3-4-12-28)21-15-29(16-22(21)27-30)24(31)14-19-6-8-20(26)9-7-19/h3-13H,14-16H2,1-2H3. The Morgan fingerprint density at radius 1 is 1.03 bits per heavy atom. The molecule has 31 heavy (non-hydrogen) atoms. The fourth-order valence-electron chi connectivity index (χ4n) is 4.22. The monoisotopic (exact) mass is 414 g/mol. The molecule has 0 saturated heterocycles. The summed E-state index contributed by atoms with van der Waals surface area (Å²) in [6, 6.07) is 16.4. The van der Waals surface area contributed by atoms with E-state index in [4.69, 9.17) is 5.10 Å². The van der Waals surface area contributed by atoms with E-state index in [9.17, 15) is 9.18 Å². The maximum Gasteiger partial charge on any atom is 0.227 e. The molecule has 5 nitrogen and oxygen atoms in total. The summed E-state index contributed by atoms with van der Waals surface area (Å²) in [4.78, 5) is 14.7. The van der Waals surface area contributed by atoms with Crippen molar-refractivity contribution in [3.63, 3.8) is 0 Å². The molecule has 0 aliphatic carbocycles. The molecule has 4 aromatic rings. The van der Waals surface area contributed by atoms with Gasteiger partial charge in [-0.1, -0.05) is 29.8 Å². The number of carbonyl (C=O) groups excluding carboxylic acids is 1. The average molecular weight is 414 g/mol. The Labute approximate surface area is 180 Å². The van der Waals surface area contributed by atoms with Crippen molar-refractivity contribution in [3.05, 3.63) is 101 Å². The van der Waals surface area contributed by atoms with Gasteiger partial charge in [-0.2, -0.15) is 5.10 Å². The molecule has 5 rings (SSSR count). The van der Waals surface area contributed by atoms with Crippen molar-refractivity contribution in [1.82, 2.24) is 19.2 Å². The third-order valence-corrected chi connectivity index (χ3v) is 5.78. The zero-order chi connectivity index (χ0) is 21.5. The number of amides is 1. The molecule has 0 radical (unpaired) electrons. The first-order chi connectivity index (χ1) is 15.0. The number of aryl methyl sites for hydroxylation is 2. The number of nitrogens with zero attached hydrogens (tertiary/aromatic N) is 4. The van der Waals surface area contributed by atoms with E-state index in [0.717, 1.165) is 33.9 Å². The highest BCUT2D eigenvalue weighted by Gasteiger charge is 2.31. The molecule has 1 amide bonds. The van der Waals surface area contributed by atoms with Crippen LogP contribution < -0.4 is 0 Å². The first-order valence-corrected chi connectivity index (χ1v) is 10.3. The molecule has 0 N–H and O–H groups in total. The highest BCUT2D eigenvalue weighted by Crippen LogP contribution is 2.31. The van der Waals surface area contributed by atoms with Crippen molar-refractivity contribution >= 4 is 5.91 Å². The lowest BCUT2D eigenvalue weighted by Gasteiger charge is -2.18. The fourth-order valence-corrected chi connectivity index (χ4v) is 4.22. The maximum atomic E-state index is 13.2. The second-order valence-electron chi connectivity index (χ2n) is 8.09. The summed E-state index contributed by atoms with van der Waals surface area (Å²) in [6.07, 6.45) is 4.25. The average Bonchev–Trinajstić information content (AvgIpc) is 3.45. The Morgan fingerprint density at radius 2 is 1.77 bits per heavy atom. The SMILES string of the molecule is Cc1ccc(-n2nc3c(c2-n2cccc2)CN(C(=O)Cc2ccc(F)cc2)C3)c(C)c1. The van der Waals surface area contributed by atoms with Gasteiger partial charge in [-0.25, -0.2) is 9.07 Å². The van der Waals surface area contributed by atoms with Crippen LogP contribution in [0.5, 0.6) is 0 Å². The second kappa shape index (κ2) is 7.54. The van der Waals surface area contributed by atoms with Crippen LogP contribution in [0.2, 0.25) is 0 Å². The van der Waals surface area contributed by atoms with Gasteiger partial charge in [0.25, 0.3) is 0 Å². The highest BCUT2D eigenvalue weighted by atomic mass is 19.1. The predicted molar refractivity (Wildman–Crippen MR) is 117 cm³/mol. The maximum absolute atomic E-state index is 13.2. The van der Waals surface area contributed by atoms with Crippen LogP contribution in [0.1, 0.15) is 27.9 Å². The molecule has 156 valence electrons. The van der Waals surface area contributed by atoms with E-state index in [1.54, 1.807) is 12.1 Å². The largest absolute Gasteiger partial charge is 0.332 e. The van der Waals surface area contributed by atoms with Crippen LogP contribution in [-0.2, 0) is 24.3 Å². The molecule has 0 atom stereocenters. The number of aromatic nitrogens is 3. The summed E-state index contributed by atoms with van der Waals surface area (Å²) < 4.78 is 17.2. The summed E-state index contributed by atoms with van der Waals surface area (Å²) in [5.41, 5.74) is 6.18. The molecule has 2 aromatic carbocycles. The minimum atomic E-state index is -0.297. The lowest BCUT2D eigenvalue weighted by atomic mass is 10.1. The Hall–Kier alpha value is -3.67.